The van der Waals surface area contributed by atoms with Crippen LogP contribution in [0.1, 0.15) is 28.3 Å². The number of hydrogen-bond acceptors (Lipinski definition) is 3. The minimum absolute atomic E-state index is 0.645. The van der Waals surface area contributed by atoms with E-state index in [1.807, 2.05) is 37.3 Å². The minimum atomic E-state index is 0.645. The predicted molar refractivity (Wildman–Crippen MR) is 76.5 cm³/mol. The van der Waals surface area contributed by atoms with E-state index >= 15 is 0 Å². The Labute approximate surface area is 118 Å². The van der Waals surface area contributed by atoms with Gasteiger partial charge in [0.1, 0.15) is 0 Å². The first-order chi connectivity index (χ1) is 8.95. The number of halogens is 1. The Morgan fingerprint density at radius 3 is 2.37 bits per heavy atom. The summed E-state index contributed by atoms with van der Waals surface area (Å²) in [5.41, 5.74) is 5.32. The molecule has 5 nitrogen and oxygen atoms in total. The highest BCUT2D eigenvalue weighted by molar-refractivity contribution is 6.31. The van der Waals surface area contributed by atoms with Crippen molar-refractivity contribution in [3.05, 3.63) is 33.4 Å². The largest absolute Gasteiger partial charge is 0.316 e. The molecule has 0 aliphatic heterocycles. The molecule has 0 saturated heterocycles. The molecule has 0 aliphatic rings. The van der Waals surface area contributed by atoms with Crippen LogP contribution in [0.25, 0.3) is 0 Å². The van der Waals surface area contributed by atoms with Gasteiger partial charge in [0.2, 0.25) is 0 Å². The highest BCUT2D eigenvalue weighted by Crippen LogP contribution is 2.22. The highest BCUT2D eigenvalue weighted by Gasteiger charge is 2.15. The molecule has 19 heavy (non-hydrogen) atoms. The first-order valence-electron chi connectivity index (χ1n) is 6.31. The van der Waals surface area contributed by atoms with E-state index in [9.17, 15) is 0 Å². The summed E-state index contributed by atoms with van der Waals surface area (Å²) in [6, 6.07) is 0. The van der Waals surface area contributed by atoms with Gasteiger partial charge < -0.3 is 5.32 Å². The molecule has 2 aromatic heterocycles. The molecule has 0 bridgehead atoms. The quantitative estimate of drug-likeness (QED) is 0.932. The van der Waals surface area contributed by atoms with Crippen LogP contribution in [0.4, 0.5) is 0 Å². The number of aryl methyl sites for hydroxylation is 3. The van der Waals surface area contributed by atoms with Gasteiger partial charge in [-0.3, -0.25) is 9.36 Å². The van der Waals surface area contributed by atoms with E-state index in [1.165, 1.54) is 11.3 Å². The van der Waals surface area contributed by atoms with Gasteiger partial charge in [-0.2, -0.15) is 10.2 Å². The Morgan fingerprint density at radius 2 is 1.84 bits per heavy atom. The molecule has 0 aromatic carbocycles. The average Bonchev–Trinajstić information content (AvgIpc) is 2.75. The summed E-state index contributed by atoms with van der Waals surface area (Å²) >= 11 is 6.29. The van der Waals surface area contributed by atoms with Gasteiger partial charge in [0, 0.05) is 24.8 Å². The van der Waals surface area contributed by atoms with E-state index < -0.39 is 0 Å². The van der Waals surface area contributed by atoms with Crippen molar-refractivity contribution in [2.45, 2.75) is 33.9 Å². The van der Waals surface area contributed by atoms with Crippen LogP contribution in [0.15, 0.2) is 0 Å². The van der Waals surface area contributed by atoms with E-state index in [4.69, 9.17) is 11.6 Å². The Hall–Kier alpha value is -1.33. The van der Waals surface area contributed by atoms with Crippen LogP contribution < -0.4 is 5.32 Å². The van der Waals surface area contributed by atoms with Crippen molar-refractivity contribution in [1.29, 1.82) is 0 Å². The molecular weight excluding hydrogens is 262 g/mol. The summed E-state index contributed by atoms with van der Waals surface area (Å²) in [7, 11) is 3.85. The smallest absolute Gasteiger partial charge is 0.0866 e. The van der Waals surface area contributed by atoms with E-state index in [0.29, 0.717) is 6.54 Å². The van der Waals surface area contributed by atoms with E-state index in [1.54, 1.807) is 0 Å². The van der Waals surface area contributed by atoms with Crippen molar-refractivity contribution in [2.24, 2.45) is 7.05 Å². The zero-order valence-corrected chi connectivity index (χ0v) is 12.8. The van der Waals surface area contributed by atoms with Crippen LogP contribution in [0.3, 0.4) is 0 Å². The average molecular weight is 282 g/mol. The molecule has 104 valence electrons. The Balaban J connectivity index is 2.36. The van der Waals surface area contributed by atoms with Gasteiger partial charge in [-0.05, 0) is 27.8 Å². The zero-order valence-electron chi connectivity index (χ0n) is 12.1. The third-order valence-electron chi connectivity index (χ3n) is 3.45. The third-order valence-corrected chi connectivity index (χ3v) is 3.94. The lowest BCUT2D eigenvalue weighted by atomic mass is 10.2. The molecule has 0 atom stereocenters. The fraction of sp³-hybridized carbons (Fsp3) is 0.538. The topological polar surface area (TPSA) is 47.7 Å². The second-order valence-corrected chi connectivity index (χ2v) is 5.19. The van der Waals surface area contributed by atoms with Crippen LogP contribution >= 0.6 is 11.6 Å². The van der Waals surface area contributed by atoms with Crippen molar-refractivity contribution >= 4 is 11.6 Å². The molecule has 2 rings (SSSR count). The molecule has 2 aromatic rings. The predicted octanol–water partition coefficient (Wildman–Crippen LogP) is 1.96. The number of nitrogens with zero attached hydrogens (tertiary/aromatic N) is 4. The van der Waals surface area contributed by atoms with Gasteiger partial charge in [-0.1, -0.05) is 11.6 Å². The van der Waals surface area contributed by atoms with Gasteiger partial charge in [0.25, 0.3) is 0 Å². The summed E-state index contributed by atoms with van der Waals surface area (Å²) in [6.45, 7) is 7.51. The monoisotopic (exact) mass is 281 g/mol. The fourth-order valence-corrected chi connectivity index (χ4v) is 2.53. The van der Waals surface area contributed by atoms with Crippen molar-refractivity contribution in [3.63, 3.8) is 0 Å². The van der Waals surface area contributed by atoms with Crippen molar-refractivity contribution in [2.75, 3.05) is 7.05 Å². The van der Waals surface area contributed by atoms with E-state index in [0.717, 1.165) is 28.6 Å². The summed E-state index contributed by atoms with van der Waals surface area (Å²) < 4.78 is 3.82. The molecule has 0 fully saturated rings. The summed E-state index contributed by atoms with van der Waals surface area (Å²) in [5, 5.41) is 12.8. The Kier molecular flexibility index (Phi) is 3.96. The van der Waals surface area contributed by atoms with E-state index in [-0.39, 0.29) is 0 Å². The minimum Gasteiger partial charge on any atom is -0.316 e. The maximum atomic E-state index is 6.29. The molecule has 1 N–H and O–H groups in total. The zero-order chi connectivity index (χ0) is 14.2. The first-order valence-corrected chi connectivity index (χ1v) is 6.69. The third kappa shape index (κ3) is 2.53. The number of hydrogen-bond donors (Lipinski definition) is 1. The molecule has 0 unspecified atom stereocenters. The standard InChI is InChI=1S/C13H20ClN5/c1-8-11(6-15-4)10(3)19(17-8)7-12-13(14)9(2)16-18(12)5/h15H,6-7H2,1-5H3. The SMILES string of the molecule is CNCc1c(C)nn(Cc2c(Cl)c(C)nn2C)c1C. The molecule has 0 aliphatic carbocycles. The lowest BCUT2D eigenvalue weighted by Gasteiger charge is -2.06. The molecule has 0 amide bonds. The lowest BCUT2D eigenvalue weighted by molar-refractivity contribution is 0.602. The van der Waals surface area contributed by atoms with Gasteiger partial charge in [-0.15, -0.1) is 0 Å². The van der Waals surface area contributed by atoms with Crippen molar-refractivity contribution in [3.8, 4) is 0 Å². The van der Waals surface area contributed by atoms with Crippen LogP contribution in [-0.2, 0) is 20.1 Å². The molecule has 2 heterocycles. The van der Waals surface area contributed by atoms with Gasteiger partial charge in [0.05, 0.1) is 28.6 Å². The molecular formula is C13H20ClN5. The summed E-state index contributed by atoms with van der Waals surface area (Å²) in [5.74, 6) is 0. The van der Waals surface area contributed by atoms with Gasteiger partial charge >= 0.3 is 0 Å². The molecule has 6 heteroatoms. The number of aromatic nitrogens is 4. The second-order valence-electron chi connectivity index (χ2n) is 4.81. The van der Waals surface area contributed by atoms with Crippen LogP contribution in [-0.4, -0.2) is 26.6 Å². The highest BCUT2D eigenvalue weighted by atomic mass is 35.5. The van der Waals surface area contributed by atoms with Gasteiger partial charge in [0.15, 0.2) is 0 Å². The second kappa shape index (κ2) is 5.35. The normalized spacial score (nSPS) is 11.3. The maximum absolute atomic E-state index is 6.29. The maximum Gasteiger partial charge on any atom is 0.0866 e. The Bertz CT molecular complexity index is 597. The summed E-state index contributed by atoms with van der Waals surface area (Å²) in [6.07, 6.45) is 0. The lowest BCUT2D eigenvalue weighted by Crippen LogP contribution is -2.10. The van der Waals surface area contributed by atoms with E-state index in [2.05, 4.69) is 22.4 Å². The van der Waals surface area contributed by atoms with Crippen LogP contribution in [0.2, 0.25) is 5.02 Å². The summed E-state index contributed by atoms with van der Waals surface area (Å²) in [4.78, 5) is 0. The Morgan fingerprint density at radius 1 is 1.16 bits per heavy atom. The molecule has 0 spiro atoms. The fourth-order valence-electron chi connectivity index (χ4n) is 2.31. The number of rotatable bonds is 4. The first kappa shape index (κ1) is 14.1. The van der Waals surface area contributed by atoms with Crippen LogP contribution in [0.5, 0.6) is 0 Å². The van der Waals surface area contributed by atoms with Crippen LogP contribution in [0, 0.1) is 20.8 Å². The molecule has 0 radical (unpaired) electrons. The van der Waals surface area contributed by atoms with Crippen molar-refractivity contribution < 1.29 is 0 Å². The number of nitrogens with one attached hydrogen (secondary N) is 1. The van der Waals surface area contributed by atoms with Crippen molar-refractivity contribution in [1.82, 2.24) is 24.9 Å². The molecule has 0 saturated carbocycles. The van der Waals surface area contributed by atoms with Gasteiger partial charge in [-0.25, -0.2) is 0 Å².